The predicted octanol–water partition coefficient (Wildman–Crippen LogP) is 15.6. The molecule has 0 amide bonds. The zero-order valence-corrected chi connectivity index (χ0v) is 31.8. The fraction of sp³-hybridized carbons (Fsp3) is 0. The smallest absolute Gasteiger partial charge is 0.0541 e. The number of hydrogen-bond donors (Lipinski definition) is 0. The monoisotopic (exact) mass is 738 g/mol. The largest absolute Gasteiger partial charge is 0.310 e. The standard InChI is InChI=1S/C56H38N2/c1-3-16-39(17-4-1)44-34-45(50-29-14-20-40-18-7-9-26-49(40)50)37-48(36-44)58-55-30-12-11-28-52(55)53-38-43(32-33-56(53)58)42-22-13-25-47(35-42)57(46-23-5-2-6-24-46)54-31-15-21-41-19-8-10-27-51(41)54/h1-38H. The number of aromatic nitrogens is 1. The first-order valence-corrected chi connectivity index (χ1v) is 19.9. The molecule has 0 aliphatic carbocycles. The first-order valence-electron chi connectivity index (χ1n) is 19.9. The molecule has 0 aliphatic heterocycles. The van der Waals surface area contributed by atoms with Gasteiger partial charge in [-0.05, 0) is 116 Å². The topological polar surface area (TPSA) is 8.17 Å². The van der Waals surface area contributed by atoms with Gasteiger partial charge in [-0.2, -0.15) is 0 Å². The SMILES string of the molecule is c1ccc(-c2cc(-c3cccc4ccccc34)cc(-n3c4ccccc4c4cc(-c5cccc(N(c6ccccc6)c6cccc7ccccc67)c5)ccc43)c2)cc1. The summed E-state index contributed by atoms with van der Waals surface area (Å²) in [6.45, 7) is 0. The van der Waals surface area contributed by atoms with Crippen molar-refractivity contribution >= 4 is 60.4 Å². The molecular formula is C56H38N2. The Hall–Kier alpha value is -7.68. The molecule has 1 aromatic heterocycles. The maximum atomic E-state index is 2.45. The minimum Gasteiger partial charge on any atom is -0.310 e. The van der Waals surface area contributed by atoms with E-state index in [1.165, 1.54) is 76.7 Å². The average Bonchev–Trinajstić information content (AvgIpc) is 3.63. The van der Waals surface area contributed by atoms with Gasteiger partial charge in [0.25, 0.3) is 0 Å². The van der Waals surface area contributed by atoms with E-state index in [0.29, 0.717) is 0 Å². The first-order chi connectivity index (χ1) is 28.8. The number of para-hydroxylation sites is 2. The van der Waals surface area contributed by atoms with Crippen LogP contribution < -0.4 is 4.90 Å². The molecule has 0 aliphatic rings. The van der Waals surface area contributed by atoms with E-state index in [1.807, 2.05) is 0 Å². The second-order valence-corrected chi connectivity index (χ2v) is 15.0. The van der Waals surface area contributed by atoms with Crippen molar-refractivity contribution in [3.05, 3.63) is 231 Å². The number of anilines is 3. The Kier molecular flexibility index (Phi) is 8.19. The lowest BCUT2D eigenvalue weighted by Crippen LogP contribution is -2.10. The third kappa shape index (κ3) is 5.82. The number of rotatable bonds is 7. The van der Waals surface area contributed by atoms with Crippen LogP contribution in [-0.2, 0) is 0 Å². The van der Waals surface area contributed by atoms with Gasteiger partial charge < -0.3 is 9.47 Å². The summed E-state index contributed by atoms with van der Waals surface area (Å²) in [5.74, 6) is 0. The third-order valence-corrected chi connectivity index (χ3v) is 11.5. The molecule has 0 saturated heterocycles. The van der Waals surface area contributed by atoms with Crippen molar-refractivity contribution < 1.29 is 0 Å². The summed E-state index contributed by atoms with van der Waals surface area (Å²) in [5.41, 5.74) is 14.0. The minimum atomic E-state index is 1.11. The Balaban J connectivity index is 1.08. The minimum absolute atomic E-state index is 1.11. The van der Waals surface area contributed by atoms with Crippen LogP contribution in [0.3, 0.4) is 0 Å². The Labute approximate surface area is 338 Å². The van der Waals surface area contributed by atoms with Crippen LogP contribution in [0.5, 0.6) is 0 Å². The van der Waals surface area contributed by atoms with Crippen molar-refractivity contribution in [2.24, 2.45) is 0 Å². The number of hydrogen-bond acceptors (Lipinski definition) is 1. The van der Waals surface area contributed by atoms with Crippen LogP contribution in [0.4, 0.5) is 17.1 Å². The van der Waals surface area contributed by atoms with Gasteiger partial charge in [0.1, 0.15) is 0 Å². The van der Waals surface area contributed by atoms with Gasteiger partial charge in [0.05, 0.1) is 16.7 Å². The molecule has 0 N–H and O–H groups in total. The molecule has 0 fully saturated rings. The third-order valence-electron chi connectivity index (χ3n) is 11.5. The zero-order chi connectivity index (χ0) is 38.4. The summed E-state index contributed by atoms with van der Waals surface area (Å²) in [6.07, 6.45) is 0. The van der Waals surface area contributed by atoms with Crippen LogP contribution >= 0.6 is 0 Å². The molecule has 10 aromatic carbocycles. The maximum absolute atomic E-state index is 2.45. The molecule has 11 rings (SSSR count). The van der Waals surface area contributed by atoms with Crippen molar-refractivity contribution in [2.45, 2.75) is 0 Å². The Morgan fingerprint density at radius 1 is 0.293 bits per heavy atom. The summed E-state index contributed by atoms with van der Waals surface area (Å²) in [5, 5.41) is 7.38. The van der Waals surface area contributed by atoms with Crippen LogP contribution in [0.1, 0.15) is 0 Å². The van der Waals surface area contributed by atoms with Gasteiger partial charge in [-0.1, -0.05) is 164 Å². The van der Waals surface area contributed by atoms with E-state index < -0.39 is 0 Å². The van der Waals surface area contributed by atoms with Gasteiger partial charge in [0, 0.05) is 33.2 Å². The van der Waals surface area contributed by atoms with E-state index in [9.17, 15) is 0 Å². The van der Waals surface area contributed by atoms with Gasteiger partial charge >= 0.3 is 0 Å². The van der Waals surface area contributed by atoms with Gasteiger partial charge in [-0.25, -0.2) is 0 Å². The van der Waals surface area contributed by atoms with E-state index in [1.54, 1.807) is 0 Å². The molecule has 2 heteroatoms. The fourth-order valence-electron chi connectivity index (χ4n) is 8.83. The Bertz CT molecular complexity index is 3280. The molecule has 11 aromatic rings. The summed E-state index contributed by atoms with van der Waals surface area (Å²) in [7, 11) is 0. The normalized spacial score (nSPS) is 11.4. The molecule has 0 radical (unpaired) electrons. The van der Waals surface area contributed by atoms with Crippen LogP contribution in [0.2, 0.25) is 0 Å². The average molecular weight is 739 g/mol. The van der Waals surface area contributed by atoms with Crippen molar-refractivity contribution in [1.82, 2.24) is 4.57 Å². The molecule has 0 atom stereocenters. The number of benzene rings is 10. The quantitative estimate of drug-likeness (QED) is 0.158. The van der Waals surface area contributed by atoms with Crippen molar-refractivity contribution in [3.8, 4) is 39.1 Å². The van der Waals surface area contributed by atoms with E-state index >= 15 is 0 Å². The summed E-state index contributed by atoms with van der Waals surface area (Å²) in [4.78, 5) is 2.38. The molecule has 0 unspecified atom stereocenters. The molecule has 1 heterocycles. The van der Waals surface area contributed by atoms with Gasteiger partial charge in [-0.3, -0.25) is 0 Å². The Morgan fingerprint density at radius 2 is 0.862 bits per heavy atom. The first kappa shape index (κ1) is 33.6. The van der Waals surface area contributed by atoms with Gasteiger partial charge in [0.15, 0.2) is 0 Å². The van der Waals surface area contributed by atoms with Crippen LogP contribution in [0.25, 0.3) is 82.4 Å². The van der Waals surface area contributed by atoms with E-state index in [0.717, 1.165) is 22.7 Å². The Morgan fingerprint density at radius 3 is 1.69 bits per heavy atom. The highest BCUT2D eigenvalue weighted by atomic mass is 15.1. The molecular weight excluding hydrogens is 701 g/mol. The highest BCUT2D eigenvalue weighted by Crippen LogP contribution is 2.42. The maximum Gasteiger partial charge on any atom is 0.0541 e. The fourth-order valence-corrected chi connectivity index (χ4v) is 8.83. The lowest BCUT2D eigenvalue weighted by molar-refractivity contribution is 1.18. The van der Waals surface area contributed by atoms with Crippen molar-refractivity contribution in [3.63, 3.8) is 0 Å². The van der Waals surface area contributed by atoms with Crippen molar-refractivity contribution in [1.29, 1.82) is 0 Å². The molecule has 272 valence electrons. The van der Waals surface area contributed by atoms with Crippen LogP contribution in [0, 0.1) is 0 Å². The lowest BCUT2D eigenvalue weighted by Gasteiger charge is -2.27. The second kappa shape index (κ2) is 14.1. The van der Waals surface area contributed by atoms with Gasteiger partial charge in [-0.15, -0.1) is 0 Å². The highest BCUT2D eigenvalue weighted by molar-refractivity contribution is 6.11. The zero-order valence-electron chi connectivity index (χ0n) is 31.8. The molecule has 58 heavy (non-hydrogen) atoms. The molecule has 2 nitrogen and oxygen atoms in total. The van der Waals surface area contributed by atoms with Crippen LogP contribution in [-0.4, -0.2) is 4.57 Å². The lowest BCUT2D eigenvalue weighted by atomic mass is 9.94. The van der Waals surface area contributed by atoms with E-state index in [2.05, 4.69) is 240 Å². The van der Waals surface area contributed by atoms with Crippen molar-refractivity contribution in [2.75, 3.05) is 4.90 Å². The van der Waals surface area contributed by atoms with Gasteiger partial charge in [0.2, 0.25) is 0 Å². The summed E-state index contributed by atoms with van der Waals surface area (Å²) >= 11 is 0. The van der Waals surface area contributed by atoms with Crippen LogP contribution in [0.15, 0.2) is 231 Å². The van der Waals surface area contributed by atoms with E-state index in [4.69, 9.17) is 0 Å². The van der Waals surface area contributed by atoms with E-state index in [-0.39, 0.29) is 0 Å². The number of nitrogens with zero attached hydrogens (tertiary/aromatic N) is 2. The summed E-state index contributed by atoms with van der Waals surface area (Å²) < 4.78 is 2.45. The number of fused-ring (bicyclic) bond motifs is 5. The predicted molar refractivity (Wildman–Crippen MR) is 247 cm³/mol. The highest BCUT2D eigenvalue weighted by Gasteiger charge is 2.18. The molecule has 0 spiro atoms. The second-order valence-electron chi connectivity index (χ2n) is 15.0. The molecule has 0 saturated carbocycles. The summed E-state index contributed by atoms with van der Waals surface area (Å²) in [6, 6.07) is 83.7. The molecule has 0 bridgehead atoms.